The molecule has 1 saturated heterocycles. The van der Waals surface area contributed by atoms with Crippen LogP contribution in [-0.4, -0.2) is 62.8 Å². The third kappa shape index (κ3) is 5.65. The summed E-state index contributed by atoms with van der Waals surface area (Å²) in [6, 6.07) is 9.70. The first-order chi connectivity index (χ1) is 17.2. The maximum absolute atomic E-state index is 13.3. The highest BCUT2D eigenvalue weighted by atomic mass is 16.5. The fraction of sp³-hybridized carbons (Fsp3) is 0.429. The van der Waals surface area contributed by atoms with Crippen LogP contribution in [0.5, 0.6) is 17.2 Å². The van der Waals surface area contributed by atoms with Crippen molar-refractivity contribution < 1.29 is 33.6 Å². The van der Waals surface area contributed by atoms with Gasteiger partial charge in [0.05, 0.1) is 32.4 Å². The van der Waals surface area contributed by atoms with Crippen LogP contribution >= 0.6 is 0 Å². The van der Waals surface area contributed by atoms with Crippen molar-refractivity contribution in [2.75, 3.05) is 41.1 Å². The number of carbonyl (C=O) groups is 2. The number of rotatable bonds is 11. The van der Waals surface area contributed by atoms with Crippen LogP contribution < -0.4 is 14.2 Å². The Hall–Kier alpha value is -3.52. The molecule has 3 rings (SSSR count). The molecule has 2 aromatic carbocycles. The van der Waals surface area contributed by atoms with Crippen molar-refractivity contribution in [2.45, 2.75) is 33.2 Å². The van der Waals surface area contributed by atoms with Crippen LogP contribution in [0.3, 0.4) is 0 Å². The topological polar surface area (TPSA) is 94.5 Å². The number of Topliss-reactive ketones (excluding diaryl/α,β-unsaturated/α-hetero) is 1. The van der Waals surface area contributed by atoms with Gasteiger partial charge in [-0.3, -0.25) is 9.59 Å². The number of hydrogen-bond donors (Lipinski definition) is 1. The Morgan fingerprint density at radius 1 is 1.03 bits per heavy atom. The van der Waals surface area contributed by atoms with Gasteiger partial charge in [-0.1, -0.05) is 19.9 Å². The molecule has 1 atom stereocenters. The number of hydrogen-bond acceptors (Lipinski definition) is 7. The predicted octanol–water partition coefficient (Wildman–Crippen LogP) is 4.51. The Kier molecular flexibility index (Phi) is 8.98. The molecular formula is C28H35NO7. The third-order valence-electron chi connectivity index (χ3n) is 6.05. The van der Waals surface area contributed by atoms with Crippen molar-refractivity contribution >= 4 is 17.4 Å². The molecule has 194 valence electrons. The number of aliphatic hydroxyl groups is 1. The average Bonchev–Trinajstić information content (AvgIpc) is 3.11. The second kappa shape index (κ2) is 11.9. The highest BCUT2D eigenvalue weighted by molar-refractivity contribution is 6.46. The Balaban J connectivity index is 2.12. The Morgan fingerprint density at radius 2 is 1.75 bits per heavy atom. The second-order valence-electron chi connectivity index (χ2n) is 9.13. The van der Waals surface area contributed by atoms with Gasteiger partial charge in [0, 0.05) is 25.8 Å². The minimum absolute atomic E-state index is 0.0311. The number of aryl methyl sites for hydroxylation is 1. The van der Waals surface area contributed by atoms with Crippen molar-refractivity contribution in [3.8, 4) is 17.2 Å². The van der Waals surface area contributed by atoms with Crippen molar-refractivity contribution in [1.29, 1.82) is 0 Å². The van der Waals surface area contributed by atoms with Crippen LogP contribution in [0.25, 0.3) is 5.76 Å². The normalized spacial score (nSPS) is 17.1. The molecule has 36 heavy (non-hydrogen) atoms. The third-order valence-corrected chi connectivity index (χ3v) is 6.05. The van der Waals surface area contributed by atoms with E-state index in [1.807, 2.05) is 13.0 Å². The molecule has 0 spiro atoms. The lowest BCUT2D eigenvalue weighted by molar-refractivity contribution is -0.140. The van der Waals surface area contributed by atoms with E-state index in [9.17, 15) is 14.7 Å². The molecule has 1 aliphatic rings. The summed E-state index contributed by atoms with van der Waals surface area (Å²) < 4.78 is 21.7. The molecule has 2 aromatic rings. The first kappa shape index (κ1) is 27.1. The minimum Gasteiger partial charge on any atom is -0.507 e. The van der Waals surface area contributed by atoms with E-state index in [1.54, 1.807) is 37.4 Å². The van der Waals surface area contributed by atoms with E-state index in [0.717, 1.165) is 5.56 Å². The monoisotopic (exact) mass is 497 g/mol. The average molecular weight is 498 g/mol. The van der Waals surface area contributed by atoms with Crippen LogP contribution in [0.2, 0.25) is 0 Å². The van der Waals surface area contributed by atoms with Crippen LogP contribution in [0.1, 0.15) is 43.0 Å². The Morgan fingerprint density at radius 3 is 2.36 bits per heavy atom. The first-order valence-corrected chi connectivity index (χ1v) is 12.0. The molecule has 0 saturated carbocycles. The zero-order chi connectivity index (χ0) is 26.4. The lowest BCUT2D eigenvalue weighted by Crippen LogP contribution is -2.31. The number of carbonyl (C=O) groups excluding carboxylic acids is 2. The van der Waals surface area contributed by atoms with Crippen molar-refractivity contribution in [2.24, 2.45) is 5.92 Å². The molecule has 0 radical (unpaired) electrons. The maximum Gasteiger partial charge on any atom is 0.295 e. The van der Waals surface area contributed by atoms with Gasteiger partial charge >= 0.3 is 0 Å². The number of amides is 1. The fourth-order valence-corrected chi connectivity index (χ4v) is 4.26. The summed E-state index contributed by atoms with van der Waals surface area (Å²) >= 11 is 0. The van der Waals surface area contributed by atoms with Gasteiger partial charge in [-0.15, -0.1) is 0 Å². The molecule has 8 nitrogen and oxygen atoms in total. The molecule has 0 aliphatic carbocycles. The summed E-state index contributed by atoms with van der Waals surface area (Å²) in [7, 11) is 4.63. The van der Waals surface area contributed by atoms with Crippen LogP contribution in [0, 0.1) is 12.8 Å². The zero-order valence-electron chi connectivity index (χ0n) is 21.8. The van der Waals surface area contributed by atoms with Gasteiger partial charge in [0.1, 0.15) is 11.5 Å². The number of ketones is 1. The van der Waals surface area contributed by atoms with Gasteiger partial charge in [0.2, 0.25) is 0 Å². The SMILES string of the molecule is COCCCN1C(=O)C(=O)/C(=C(/O)c2ccc(OCC(C)C)cc2C)[C@@H]1c1ccc(OC)c(OC)c1. The smallest absolute Gasteiger partial charge is 0.295 e. The summed E-state index contributed by atoms with van der Waals surface area (Å²) in [5.74, 6) is 0.399. The van der Waals surface area contributed by atoms with E-state index in [-0.39, 0.29) is 17.9 Å². The fourth-order valence-electron chi connectivity index (χ4n) is 4.26. The second-order valence-corrected chi connectivity index (χ2v) is 9.13. The van der Waals surface area contributed by atoms with E-state index in [0.29, 0.717) is 53.9 Å². The lowest BCUT2D eigenvalue weighted by Gasteiger charge is -2.26. The quantitative estimate of drug-likeness (QED) is 0.211. The summed E-state index contributed by atoms with van der Waals surface area (Å²) in [4.78, 5) is 27.8. The molecule has 1 heterocycles. The first-order valence-electron chi connectivity index (χ1n) is 12.0. The van der Waals surface area contributed by atoms with Gasteiger partial charge in [0.15, 0.2) is 11.5 Å². The van der Waals surface area contributed by atoms with E-state index in [4.69, 9.17) is 18.9 Å². The highest BCUT2D eigenvalue weighted by Gasteiger charge is 2.46. The molecule has 1 N–H and O–H groups in total. The van der Waals surface area contributed by atoms with Crippen LogP contribution in [0.15, 0.2) is 42.0 Å². The number of benzene rings is 2. The molecule has 1 amide bonds. The van der Waals surface area contributed by atoms with Crippen LogP contribution in [-0.2, 0) is 14.3 Å². The summed E-state index contributed by atoms with van der Waals surface area (Å²) in [5.41, 5.74) is 1.85. The largest absolute Gasteiger partial charge is 0.507 e. The summed E-state index contributed by atoms with van der Waals surface area (Å²) in [5, 5.41) is 11.4. The standard InChI is InChI=1S/C28H35NO7/c1-17(2)16-36-20-9-10-21(18(3)14-20)26(30)24-25(19-8-11-22(34-5)23(15-19)35-6)29(12-7-13-33-4)28(32)27(24)31/h8-11,14-15,17,25,30H,7,12-13,16H2,1-6H3/b26-24+/t25-/m0/s1. The van der Waals surface area contributed by atoms with Gasteiger partial charge < -0.3 is 29.0 Å². The van der Waals surface area contributed by atoms with Gasteiger partial charge in [0.25, 0.3) is 11.7 Å². The van der Waals surface area contributed by atoms with E-state index in [2.05, 4.69) is 13.8 Å². The molecular weight excluding hydrogens is 462 g/mol. The number of ether oxygens (including phenoxy) is 4. The molecule has 1 aliphatic heterocycles. The lowest BCUT2D eigenvalue weighted by atomic mass is 9.93. The molecule has 0 bridgehead atoms. The Labute approximate surface area is 212 Å². The van der Waals surface area contributed by atoms with Gasteiger partial charge in [-0.2, -0.15) is 0 Å². The molecule has 0 unspecified atom stereocenters. The van der Waals surface area contributed by atoms with E-state index >= 15 is 0 Å². The van der Waals surface area contributed by atoms with E-state index in [1.165, 1.54) is 19.1 Å². The van der Waals surface area contributed by atoms with Gasteiger partial charge in [-0.05, 0) is 60.7 Å². The van der Waals surface area contributed by atoms with Crippen molar-refractivity contribution in [1.82, 2.24) is 4.90 Å². The highest BCUT2D eigenvalue weighted by Crippen LogP contribution is 2.42. The van der Waals surface area contributed by atoms with Crippen LogP contribution in [0.4, 0.5) is 0 Å². The van der Waals surface area contributed by atoms with Crippen molar-refractivity contribution in [3.05, 3.63) is 58.7 Å². The van der Waals surface area contributed by atoms with Gasteiger partial charge in [-0.25, -0.2) is 0 Å². The molecule has 1 fully saturated rings. The number of likely N-dealkylation sites (tertiary alicyclic amines) is 1. The van der Waals surface area contributed by atoms with E-state index < -0.39 is 17.7 Å². The number of aliphatic hydroxyl groups excluding tert-OH is 1. The minimum atomic E-state index is -0.794. The summed E-state index contributed by atoms with van der Waals surface area (Å²) in [6.45, 7) is 7.24. The number of nitrogens with zero attached hydrogens (tertiary/aromatic N) is 1. The zero-order valence-corrected chi connectivity index (χ0v) is 21.8. The van der Waals surface area contributed by atoms with Crippen molar-refractivity contribution in [3.63, 3.8) is 0 Å². The number of methoxy groups -OCH3 is 3. The molecule has 0 aromatic heterocycles. The summed E-state index contributed by atoms with van der Waals surface area (Å²) in [6.07, 6.45) is 0.536. The Bertz CT molecular complexity index is 1140. The maximum atomic E-state index is 13.3. The molecule has 8 heteroatoms. The predicted molar refractivity (Wildman–Crippen MR) is 137 cm³/mol.